The third kappa shape index (κ3) is 2.62. The number of benzene rings is 1. The molecule has 0 bridgehead atoms. The summed E-state index contributed by atoms with van der Waals surface area (Å²) in [5, 5.41) is 3.60. The zero-order valence-electron chi connectivity index (χ0n) is 12.0. The Morgan fingerprint density at radius 1 is 1.40 bits per heavy atom. The van der Waals surface area contributed by atoms with Crippen molar-refractivity contribution in [3.05, 3.63) is 59.9 Å². The summed E-state index contributed by atoms with van der Waals surface area (Å²) in [7, 11) is 0. The predicted molar refractivity (Wildman–Crippen MR) is 83.0 cm³/mol. The van der Waals surface area contributed by atoms with Crippen molar-refractivity contribution in [2.45, 2.75) is 38.8 Å². The molecule has 1 N–H and O–H groups in total. The van der Waals surface area contributed by atoms with Crippen molar-refractivity contribution >= 4 is 5.95 Å². The Morgan fingerprint density at radius 2 is 2.20 bits per heavy atom. The molecular formula is C17H21N3. The van der Waals surface area contributed by atoms with Crippen LogP contribution in [-0.4, -0.2) is 15.6 Å². The van der Waals surface area contributed by atoms with Gasteiger partial charge in [0.05, 0.1) is 5.69 Å². The summed E-state index contributed by atoms with van der Waals surface area (Å²) < 4.78 is 2.13. The Kier molecular flexibility index (Phi) is 3.59. The molecule has 2 aromatic rings. The Balaban J connectivity index is 1.75. The van der Waals surface area contributed by atoms with Gasteiger partial charge in [0.15, 0.2) is 0 Å². The molecule has 3 heteroatoms. The topological polar surface area (TPSA) is 29.9 Å². The van der Waals surface area contributed by atoms with E-state index in [1.807, 2.05) is 13.0 Å². The summed E-state index contributed by atoms with van der Waals surface area (Å²) in [6, 6.07) is 9.21. The zero-order valence-corrected chi connectivity index (χ0v) is 12.0. The number of hydrogen-bond acceptors (Lipinski definition) is 2. The Bertz CT molecular complexity index is 612. The second kappa shape index (κ2) is 5.53. The first kappa shape index (κ1) is 13.0. The fraction of sp³-hybridized carbons (Fsp3) is 0.353. The lowest BCUT2D eigenvalue weighted by Gasteiger charge is -2.26. The van der Waals surface area contributed by atoms with Gasteiger partial charge in [0.1, 0.15) is 0 Å². The van der Waals surface area contributed by atoms with Crippen molar-refractivity contribution in [1.82, 2.24) is 9.55 Å². The summed E-state index contributed by atoms with van der Waals surface area (Å²) in [4.78, 5) is 4.58. The van der Waals surface area contributed by atoms with Gasteiger partial charge in [0.25, 0.3) is 0 Å². The molecule has 1 aromatic carbocycles. The minimum Gasteiger partial charge on any atom is -0.353 e. The summed E-state index contributed by atoms with van der Waals surface area (Å²) >= 11 is 0. The van der Waals surface area contributed by atoms with E-state index in [0.29, 0.717) is 6.04 Å². The van der Waals surface area contributed by atoms with Crippen LogP contribution in [0.2, 0.25) is 0 Å². The number of fused-ring (bicyclic) bond motifs is 1. The molecule has 0 amide bonds. The van der Waals surface area contributed by atoms with E-state index >= 15 is 0 Å². The van der Waals surface area contributed by atoms with Gasteiger partial charge < -0.3 is 9.88 Å². The first-order valence-electron chi connectivity index (χ1n) is 7.24. The average Bonchev–Trinajstić information content (AvgIpc) is 2.79. The summed E-state index contributed by atoms with van der Waals surface area (Å²) in [6.45, 7) is 6.63. The summed E-state index contributed by atoms with van der Waals surface area (Å²) in [6.07, 6.45) is 7.37. The SMILES string of the molecule is C=CCn1cc(C)nc1NC1CCc2ccccc2C1. The molecule has 3 rings (SSSR count). The van der Waals surface area contributed by atoms with Gasteiger partial charge >= 0.3 is 0 Å². The Labute approximate surface area is 120 Å². The van der Waals surface area contributed by atoms with E-state index in [0.717, 1.165) is 37.4 Å². The molecular weight excluding hydrogens is 246 g/mol. The predicted octanol–water partition coefficient (Wildman–Crippen LogP) is 3.35. The van der Waals surface area contributed by atoms with Crippen LogP contribution in [0.1, 0.15) is 23.2 Å². The highest BCUT2D eigenvalue weighted by Crippen LogP contribution is 2.23. The normalized spacial score (nSPS) is 17.6. The van der Waals surface area contributed by atoms with E-state index in [1.54, 1.807) is 0 Å². The summed E-state index contributed by atoms with van der Waals surface area (Å²) in [5.41, 5.74) is 4.01. The molecule has 1 aliphatic rings. The molecule has 0 saturated carbocycles. The molecule has 104 valence electrons. The molecule has 0 aliphatic heterocycles. The van der Waals surface area contributed by atoms with Crippen LogP contribution >= 0.6 is 0 Å². The van der Waals surface area contributed by atoms with Gasteiger partial charge in [0, 0.05) is 18.8 Å². The number of anilines is 1. The van der Waals surface area contributed by atoms with E-state index in [4.69, 9.17) is 0 Å². The van der Waals surface area contributed by atoms with Gasteiger partial charge in [-0.15, -0.1) is 6.58 Å². The van der Waals surface area contributed by atoms with Gasteiger partial charge in [-0.05, 0) is 37.3 Å². The number of nitrogens with zero attached hydrogens (tertiary/aromatic N) is 2. The van der Waals surface area contributed by atoms with Gasteiger partial charge in [-0.2, -0.15) is 0 Å². The number of nitrogens with one attached hydrogen (secondary N) is 1. The lowest BCUT2D eigenvalue weighted by atomic mass is 9.88. The third-order valence-corrected chi connectivity index (χ3v) is 3.90. The quantitative estimate of drug-likeness (QED) is 0.861. The monoisotopic (exact) mass is 267 g/mol. The molecule has 0 radical (unpaired) electrons. The first-order valence-corrected chi connectivity index (χ1v) is 7.24. The van der Waals surface area contributed by atoms with Crippen molar-refractivity contribution in [3.8, 4) is 0 Å². The van der Waals surface area contributed by atoms with Gasteiger partial charge in [-0.1, -0.05) is 30.3 Å². The highest BCUT2D eigenvalue weighted by atomic mass is 15.2. The molecule has 3 nitrogen and oxygen atoms in total. The second-order valence-electron chi connectivity index (χ2n) is 5.50. The van der Waals surface area contributed by atoms with Crippen molar-refractivity contribution in [2.24, 2.45) is 0 Å². The van der Waals surface area contributed by atoms with Gasteiger partial charge in [-0.3, -0.25) is 0 Å². The van der Waals surface area contributed by atoms with Crippen LogP contribution in [0.4, 0.5) is 5.95 Å². The number of aryl methyl sites for hydroxylation is 2. The molecule has 1 aromatic heterocycles. The van der Waals surface area contributed by atoms with Crippen LogP contribution in [0.25, 0.3) is 0 Å². The number of allylic oxidation sites excluding steroid dienone is 1. The Morgan fingerprint density at radius 3 is 3.00 bits per heavy atom. The number of aromatic nitrogens is 2. The van der Waals surface area contributed by atoms with Crippen molar-refractivity contribution in [3.63, 3.8) is 0 Å². The van der Waals surface area contributed by atoms with Crippen LogP contribution in [0.3, 0.4) is 0 Å². The van der Waals surface area contributed by atoms with Crippen LogP contribution in [-0.2, 0) is 19.4 Å². The molecule has 1 atom stereocenters. The molecule has 20 heavy (non-hydrogen) atoms. The number of rotatable bonds is 4. The molecule has 0 saturated heterocycles. The van der Waals surface area contributed by atoms with Crippen molar-refractivity contribution in [1.29, 1.82) is 0 Å². The Hall–Kier alpha value is -2.03. The fourth-order valence-electron chi connectivity index (χ4n) is 2.94. The lowest BCUT2D eigenvalue weighted by Crippen LogP contribution is -2.28. The summed E-state index contributed by atoms with van der Waals surface area (Å²) in [5.74, 6) is 0.965. The van der Waals surface area contributed by atoms with E-state index in [1.165, 1.54) is 11.1 Å². The van der Waals surface area contributed by atoms with Crippen molar-refractivity contribution in [2.75, 3.05) is 5.32 Å². The molecule has 0 fully saturated rings. The molecule has 0 spiro atoms. The minimum atomic E-state index is 0.468. The average molecular weight is 267 g/mol. The first-order chi connectivity index (χ1) is 9.76. The molecule has 1 unspecified atom stereocenters. The number of hydrogen-bond donors (Lipinski definition) is 1. The largest absolute Gasteiger partial charge is 0.353 e. The van der Waals surface area contributed by atoms with Crippen LogP contribution in [0.5, 0.6) is 0 Å². The van der Waals surface area contributed by atoms with E-state index in [9.17, 15) is 0 Å². The van der Waals surface area contributed by atoms with E-state index in [-0.39, 0.29) is 0 Å². The zero-order chi connectivity index (χ0) is 13.9. The van der Waals surface area contributed by atoms with Crippen LogP contribution in [0.15, 0.2) is 43.1 Å². The maximum atomic E-state index is 4.58. The second-order valence-corrected chi connectivity index (χ2v) is 5.50. The molecule has 1 aliphatic carbocycles. The highest BCUT2D eigenvalue weighted by molar-refractivity contribution is 5.36. The maximum absolute atomic E-state index is 4.58. The smallest absolute Gasteiger partial charge is 0.203 e. The number of imidazole rings is 1. The molecule has 1 heterocycles. The van der Waals surface area contributed by atoms with Crippen LogP contribution in [0, 0.1) is 6.92 Å². The lowest BCUT2D eigenvalue weighted by molar-refractivity contribution is 0.601. The third-order valence-electron chi connectivity index (χ3n) is 3.90. The van der Waals surface area contributed by atoms with Gasteiger partial charge in [0.2, 0.25) is 5.95 Å². The highest BCUT2D eigenvalue weighted by Gasteiger charge is 2.19. The standard InChI is InChI=1S/C17H21N3/c1-3-10-20-12-13(2)18-17(20)19-16-9-8-14-6-4-5-7-15(14)11-16/h3-7,12,16H,1,8-11H2,2H3,(H,18,19). The van der Waals surface area contributed by atoms with Gasteiger partial charge in [-0.25, -0.2) is 4.98 Å². The minimum absolute atomic E-state index is 0.468. The fourth-order valence-corrected chi connectivity index (χ4v) is 2.94. The maximum Gasteiger partial charge on any atom is 0.203 e. The van der Waals surface area contributed by atoms with E-state index in [2.05, 4.69) is 51.9 Å². The van der Waals surface area contributed by atoms with E-state index < -0.39 is 0 Å². The van der Waals surface area contributed by atoms with Crippen molar-refractivity contribution < 1.29 is 0 Å². The van der Waals surface area contributed by atoms with Crippen LogP contribution < -0.4 is 5.32 Å².